The van der Waals surface area contributed by atoms with E-state index in [9.17, 15) is 9.59 Å². The van der Waals surface area contributed by atoms with Crippen LogP contribution in [-0.2, 0) is 23.8 Å². The van der Waals surface area contributed by atoms with Crippen LogP contribution in [-0.4, -0.2) is 51.5 Å². The van der Waals surface area contributed by atoms with Crippen LogP contribution in [0.1, 0.15) is 278 Å². The Labute approximate surface area is 369 Å². The number of ether oxygens (including phenoxy) is 3. The number of rotatable bonds is 49. The largest absolute Gasteiger partial charge is 0.466 e. The van der Waals surface area contributed by atoms with Crippen LogP contribution < -0.4 is 5.32 Å². The highest BCUT2D eigenvalue weighted by Crippen LogP contribution is 2.23. The van der Waals surface area contributed by atoms with Crippen molar-refractivity contribution < 1.29 is 23.8 Å². The van der Waals surface area contributed by atoms with Gasteiger partial charge in [-0.15, -0.1) is 0 Å². The molecule has 59 heavy (non-hydrogen) atoms. The molecule has 0 aliphatic heterocycles. The normalized spacial score (nSPS) is 11.7. The molecule has 1 N–H and O–H groups in total. The molecule has 0 saturated heterocycles. The summed E-state index contributed by atoms with van der Waals surface area (Å²) in [6.45, 7) is 12.3. The summed E-state index contributed by atoms with van der Waals surface area (Å²) in [5, 5.41) is 3.25. The average Bonchev–Trinajstić information content (AvgIpc) is 3.23. The monoisotopic (exact) mass is 836 g/mol. The predicted molar refractivity (Wildman–Crippen MR) is 255 cm³/mol. The third-order valence-corrected chi connectivity index (χ3v) is 12.7. The lowest BCUT2D eigenvalue weighted by Gasteiger charge is -2.18. The first kappa shape index (κ1) is 57.9. The number of hydrogen-bond donors (Lipinski definition) is 1. The Kier molecular flexibility index (Phi) is 47.0. The first-order valence-electron chi connectivity index (χ1n) is 26.6. The fourth-order valence-electron chi connectivity index (χ4n) is 8.61. The fourth-order valence-corrected chi connectivity index (χ4v) is 8.61. The van der Waals surface area contributed by atoms with Gasteiger partial charge < -0.3 is 19.5 Å². The number of carbonyl (C=O) groups is 2. The molecule has 0 spiro atoms. The number of carbonyl (C=O) groups excluding carboxylic acids is 2. The van der Waals surface area contributed by atoms with E-state index in [0.717, 1.165) is 63.5 Å². The molecule has 0 heterocycles. The third kappa shape index (κ3) is 43.3. The van der Waals surface area contributed by atoms with Gasteiger partial charge in [-0.25, -0.2) is 0 Å². The highest BCUT2D eigenvalue weighted by atomic mass is 16.5. The molecule has 352 valence electrons. The Hall–Kier alpha value is -1.14. The van der Waals surface area contributed by atoms with Gasteiger partial charge in [-0.1, -0.05) is 214 Å². The maximum absolute atomic E-state index is 12.4. The van der Waals surface area contributed by atoms with Crippen LogP contribution in [0.3, 0.4) is 0 Å². The minimum atomic E-state index is 0.00797. The molecule has 0 radical (unpaired) electrons. The molecule has 6 heteroatoms. The molecule has 0 fully saturated rings. The van der Waals surface area contributed by atoms with Crippen molar-refractivity contribution in [3.8, 4) is 0 Å². The van der Waals surface area contributed by atoms with Crippen molar-refractivity contribution >= 4 is 11.9 Å². The average molecular weight is 836 g/mol. The Morgan fingerprint density at radius 2 is 0.712 bits per heavy atom. The lowest BCUT2D eigenvalue weighted by molar-refractivity contribution is -0.145. The SMILES string of the molecule is CCCCCC(CCCCC)CCOC(=O)CCCCCCCCC(CCCCCCCCC(=O)OCCC(CCCCC)CCCCC)OCCCCCCCNC. The number of unbranched alkanes of at least 4 members (excludes halogenated alkanes) is 22. The van der Waals surface area contributed by atoms with Crippen LogP contribution in [0.2, 0.25) is 0 Å². The maximum Gasteiger partial charge on any atom is 0.305 e. The number of esters is 2. The summed E-state index contributed by atoms with van der Waals surface area (Å²) < 4.78 is 17.8. The highest BCUT2D eigenvalue weighted by Gasteiger charge is 2.13. The smallest absolute Gasteiger partial charge is 0.305 e. The Morgan fingerprint density at radius 1 is 0.373 bits per heavy atom. The zero-order valence-electron chi connectivity index (χ0n) is 40.7. The lowest BCUT2D eigenvalue weighted by Crippen LogP contribution is -2.14. The van der Waals surface area contributed by atoms with Gasteiger partial charge in [0.05, 0.1) is 19.3 Å². The van der Waals surface area contributed by atoms with Gasteiger partial charge >= 0.3 is 11.9 Å². The van der Waals surface area contributed by atoms with E-state index in [-0.39, 0.29) is 11.9 Å². The maximum atomic E-state index is 12.4. The van der Waals surface area contributed by atoms with E-state index in [1.807, 2.05) is 7.05 Å². The van der Waals surface area contributed by atoms with Gasteiger partial charge in [0.2, 0.25) is 0 Å². The van der Waals surface area contributed by atoms with E-state index in [4.69, 9.17) is 14.2 Å². The summed E-state index contributed by atoms with van der Waals surface area (Å²) in [6, 6.07) is 0. The van der Waals surface area contributed by atoms with Gasteiger partial charge in [0.25, 0.3) is 0 Å². The second kappa shape index (κ2) is 47.9. The van der Waals surface area contributed by atoms with E-state index < -0.39 is 0 Å². The molecule has 0 aliphatic carbocycles. The molecule has 0 amide bonds. The van der Waals surface area contributed by atoms with Gasteiger partial charge in [-0.05, 0) is 76.8 Å². The molecule has 0 rings (SSSR count). The van der Waals surface area contributed by atoms with Crippen LogP contribution in [0.15, 0.2) is 0 Å². The van der Waals surface area contributed by atoms with E-state index in [0.29, 0.717) is 32.2 Å². The zero-order valence-corrected chi connectivity index (χ0v) is 40.7. The molecular weight excluding hydrogens is 731 g/mol. The summed E-state index contributed by atoms with van der Waals surface area (Å²) in [5.41, 5.74) is 0. The van der Waals surface area contributed by atoms with Crippen molar-refractivity contribution in [2.75, 3.05) is 33.4 Å². The summed E-state index contributed by atoms with van der Waals surface area (Å²) in [5.74, 6) is 1.46. The first-order chi connectivity index (χ1) is 29.0. The van der Waals surface area contributed by atoms with Crippen LogP contribution in [0.4, 0.5) is 0 Å². The summed E-state index contributed by atoms with van der Waals surface area (Å²) in [6.07, 6.45) is 47.2. The van der Waals surface area contributed by atoms with Crippen LogP contribution >= 0.6 is 0 Å². The molecule has 6 nitrogen and oxygen atoms in total. The lowest BCUT2D eigenvalue weighted by atomic mass is 9.92. The number of nitrogens with one attached hydrogen (secondary N) is 1. The van der Waals surface area contributed by atoms with Crippen molar-refractivity contribution in [1.82, 2.24) is 5.32 Å². The Bertz CT molecular complexity index is 774. The van der Waals surface area contributed by atoms with Crippen LogP contribution in [0.5, 0.6) is 0 Å². The summed E-state index contributed by atoms with van der Waals surface area (Å²) in [7, 11) is 2.04. The van der Waals surface area contributed by atoms with Gasteiger partial charge in [-0.3, -0.25) is 9.59 Å². The zero-order chi connectivity index (χ0) is 43.1. The standard InChI is InChI=1S/C53H105NO5/c1-6-10-25-35-49(36-26-11-7-2)43-47-58-52(55)41-31-21-16-14-19-29-39-51(57-46-34-24-18-23-33-45-54-5)40-30-20-15-17-22-32-42-53(56)59-48-44-50(37-27-12-8-3)38-28-13-9-4/h49-51,54H,6-48H2,1-5H3. The Morgan fingerprint density at radius 3 is 1.10 bits per heavy atom. The molecule has 0 aromatic carbocycles. The summed E-state index contributed by atoms with van der Waals surface area (Å²) in [4.78, 5) is 24.8. The summed E-state index contributed by atoms with van der Waals surface area (Å²) >= 11 is 0. The topological polar surface area (TPSA) is 73.9 Å². The highest BCUT2D eigenvalue weighted by molar-refractivity contribution is 5.69. The van der Waals surface area contributed by atoms with Crippen molar-refractivity contribution in [2.24, 2.45) is 11.8 Å². The minimum absolute atomic E-state index is 0.00797. The molecule has 0 aromatic rings. The van der Waals surface area contributed by atoms with Crippen molar-refractivity contribution in [1.29, 1.82) is 0 Å². The molecule has 0 atom stereocenters. The van der Waals surface area contributed by atoms with Crippen LogP contribution in [0, 0.1) is 11.8 Å². The van der Waals surface area contributed by atoms with Crippen LogP contribution in [0.25, 0.3) is 0 Å². The first-order valence-corrected chi connectivity index (χ1v) is 26.6. The molecule has 0 bridgehead atoms. The fraction of sp³-hybridized carbons (Fsp3) is 0.962. The van der Waals surface area contributed by atoms with E-state index in [2.05, 4.69) is 33.0 Å². The number of hydrogen-bond acceptors (Lipinski definition) is 6. The second-order valence-electron chi connectivity index (χ2n) is 18.4. The van der Waals surface area contributed by atoms with Gasteiger partial charge in [-0.2, -0.15) is 0 Å². The minimum Gasteiger partial charge on any atom is -0.466 e. The second-order valence-corrected chi connectivity index (χ2v) is 18.4. The van der Waals surface area contributed by atoms with Gasteiger partial charge in [0.1, 0.15) is 0 Å². The Balaban J connectivity index is 4.25. The quantitative estimate of drug-likeness (QED) is 0.0486. The molecular formula is C53H105NO5. The van der Waals surface area contributed by atoms with Gasteiger partial charge in [0.15, 0.2) is 0 Å². The van der Waals surface area contributed by atoms with E-state index in [1.165, 1.54) is 199 Å². The molecule has 0 aromatic heterocycles. The third-order valence-electron chi connectivity index (χ3n) is 12.7. The van der Waals surface area contributed by atoms with Gasteiger partial charge in [0, 0.05) is 19.4 Å². The van der Waals surface area contributed by atoms with E-state index in [1.54, 1.807) is 0 Å². The van der Waals surface area contributed by atoms with Crippen molar-refractivity contribution in [3.63, 3.8) is 0 Å². The predicted octanol–water partition coefficient (Wildman–Crippen LogP) is 16.2. The molecule has 0 aliphatic rings. The molecule has 0 unspecified atom stereocenters. The molecule has 0 saturated carbocycles. The van der Waals surface area contributed by atoms with Crippen molar-refractivity contribution in [3.05, 3.63) is 0 Å². The van der Waals surface area contributed by atoms with E-state index >= 15 is 0 Å². The van der Waals surface area contributed by atoms with Crippen molar-refractivity contribution in [2.45, 2.75) is 284 Å².